The second-order valence-electron chi connectivity index (χ2n) is 49.0. The largest absolute Gasteiger partial charge is 0.432 e. The lowest BCUT2D eigenvalue weighted by atomic mass is 9.61. The number of hydrogen-bond donors (Lipinski definition) is 0. The van der Waals surface area contributed by atoms with Crippen molar-refractivity contribution in [2.24, 2.45) is 124 Å². The molecular formula is C127H210F4O2. The summed E-state index contributed by atoms with van der Waals surface area (Å²) in [6, 6.07) is 26.8. The smallest absolute Gasteiger partial charge is 0.427 e. The normalized spacial score (nSPS) is 31.0. The first-order valence-corrected chi connectivity index (χ1v) is 56.0. The summed E-state index contributed by atoms with van der Waals surface area (Å²) in [5.74, 6) is 21.0. The lowest BCUT2D eigenvalue weighted by Crippen LogP contribution is -2.37. The molecule has 4 atom stereocenters. The molecule has 11 saturated carbocycles. The van der Waals surface area contributed by atoms with Crippen molar-refractivity contribution in [3.63, 3.8) is 0 Å². The fourth-order valence-electron chi connectivity index (χ4n) is 28.1. The Balaban J connectivity index is 0.000000441. The Labute approximate surface area is 826 Å². The highest BCUT2D eigenvalue weighted by atomic mass is 19.3. The Morgan fingerprint density at radius 3 is 0.917 bits per heavy atom. The maximum Gasteiger partial charge on any atom is 0.427 e. The SMILES string of the molecule is CC1CCC(C2CCC(C)CC2)CC1.CC1CCC(C2CCC3CC(C)CCC3C2)CC1.CC1CCC(CC2CCC(C)CC2)CC1.Cc1cc(C)c(-c2cc(C)c(C(F)(F)Oc3cc(C)c(C)c(C)c3)c(C)c2)c(C)c1.Cc1cc(C2CCC(C3CCC(C)CC3)CC2)ccc1-c1cc(C)c(C)c(C)c1.Cc1cc(OC(F)(F)C2CCC(CC3CCC(C)CC3)CC2)cc(C)c1C.[HH].[HH].[HH].[HH].[HH].[HH].[HH].[HH].[HH]. The molecule has 11 aliphatic carbocycles. The lowest BCUT2D eigenvalue weighted by molar-refractivity contribution is -0.223. The molecule has 0 bridgehead atoms. The number of halogens is 4. The summed E-state index contributed by atoms with van der Waals surface area (Å²) in [6.45, 7) is 49.8. The molecule has 0 heterocycles. The van der Waals surface area contributed by atoms with E-state index in [9.17, 15) is 8.78 Å². The monoisotopic (exact) mass is 1840 g/mol. The predicted molar refractivity (Wildman–Crippen MR) is 581 cm³/mol. The number of ether oxygens (including phenoxy) is 2. The Bertz CT molecular complexity index is 4430. The molecule has 2 nitrogen and oxygen atoms in total. The van der Waals surface area contributed by atoms with Crippen molar-refractivity contribution in [3.8, 4) is 33.8 Å². The van der Waals surface area contributed by atoms with Gasteiger partial charge in [0, 0.05) is 12.8 Å². The van der Waals surface area contributed by atoms with Crippen LogP contribution in [0.1, 0.15) is 451 Å². The number of fused-ring (bicyclic) bond motifs is 1. The van der Waals surface area contributed by atoms with E-state index in [2.05, 4.69) is 146 Å². The molecule has 0 radical (unpaired) electrons. The molecule has 4 unspecified atom stereocenters. The van der Waals surface area contributed by atoms with Crippen LogP contribution in [0.4, 0.5) is 17.6 Å². The van der Waals surface area contributed by atoms with E-state index >= 15 is 8.78 Å². The molecule has 0 amide bonds. The van der Waals surface area contributed by atoms with Crippen LogP contribution in [0, 0.1) is 228 Å². The molecule has 6 aromatic carbocycles. The highest BCUT2D eigenvalue weighted by Gasteiger charge is 2.46. The van der Waals surface area contributed by atoms with Crippen molar-refractivity contribution in [2.45, 2.75) is 460 Å². The molecule has 6 heteroatoms. The van der Waals surface area contributed by atoms with Gasteiger partial charge in [-0.3, -0.25) is 0 Å². The van der Waals surface area contributed by atoms with Crippen LogP contribution in [-0.2, 0) is 6.11 Å². The number of hydrogen-bond acceptors (Lipinski definition) is 2. The van der Waals surface area contributed by atoms with Crippen LogP contribution < -0.4 is 9.47 Å². The summed E-state index contributed by atoms with van der Waals surface area (Å²) in [7, 11) is 0. The van der Waals surface area contributed by atoms with E-state index in [0.29, 0.717) is 35.6 Å². The Morgan fingerprint density at radius 2 is 0.549 bits per heavy atom. The van der Waals surface area contributed by atoms with Crippen molar-refractivity contribution in [1.29, 1.82) is 0 Å². The minimum atomic E-state index is -3.42. The molecule has 11 fully saturated rings. The average Bonchev–Trinajstić information content (AvgIpc) is 0.766. The summed E-state index contributed by atoms with van der Waals surface area (Å²) in [5, 5.41) is 0. The minimum absolute atomic E-state index is 0. The zero-order valence-corrected chi connectivity index (χ0v) is 89.1. The summed E-state index contributed by atoms with van der Waals surface area (Å²) in [4.78, 5) is 0. The quantitative estimate of drug-likeness (QED) is 0.0899. The first-order chi connectivity index (χ1) is 63.3. The zero-order chi connectivity index (χ0) is 95.7. The third kappa shape index (κ3) is 30.6. The van der Waals surface area contributed by atoms with Gasteiger partial charge in [-0.1, -0.05) is 250 Å². The standard InChI is InChI=1S/C29H40.C27H30F2O.C24H36F2O.C18H32.C15H28.C14H26.9H2/c1-19-6-8-24(9-7-19)25-10-12-26(13-11-25)27-14-15-29(22(4)18-27)28-16-20(2)23(5)21(3)17-28;1-15-9-18(4)25(19(5)10-15)23-11-20(6)26(21(7)12-23)27(28,29)30-24-13-16(2)22(8)17(3)14-24;1-16-5-7-20(8-6-16)15-21-9-11-22(12-10-21)24(25,26)27-23-13-17(2)19(4)18(3)14-23;1-13-3-6-15(7-4-13)17-10-9-16-11-14(2)5-8-18(16)12-17;1-12-3-7-14(8-4-12)11-15-9-5-13(2)6-10-15;1-11-3-7-13(8-4-11)14-9-5-12(2)6-10-14;;;;;;;;;/h14-19,24-26H,6-13H2,1-5H3;9-14H,1-8H3;13-14,16,20-22H,5-12,15H2,1-4H3;13-18H,3-12H2,1-2H3;12-15H,3-11H2,1-2H3;11-14H,3-10H2,1-2H3;9*1H. The lowest BCUT2D eigenvalue weighted by Gasteiger charge is -2.44. The van der Waals surface area contributed by atoms with Crippen molar-refractivity contribution in [2.75, 3.05) is 0 Å². The van der Waals surface area contributed by atoms with Gasteiger partial charge in [0.25, 0.3) is 0 Å². The molecule has 6 aromatic rings. The van der Waals surface area contributed by atoms with Gasteiger partial charge in [0.1, 0.15) is 11.5 Å². The van der Waals surface area contributed by atoms with Crippen molar-refractivity contribution >= 4 is 0 Å². The van der Waals surface area contributed by atoms with Gasteiger partial charge in [0.15, 0.2) is 0 Å². The molecule has 0 aliphatic heterocycles. The van der Waals surface area contributed by atoms with E-state index in [0.717, 1.165) is 187 Å². The van der Waals surface area contributed by atoms with E-state index in [1.54, 1.807) is 121 Å². The highest BCUT2D eigenvalue weighted by molar-refractivity contribution is 5.74. The van der Waals surface area contributed by atoms with Gasteiger partial charge in [-0.2, -0.15) is 17.6 Å². The van der Waals surface area contributed by atoms with Gasteiger partial charge in [0.05, 0.1) is 11.5 Å². The van der Waals surface area contributed by atoms with Crippen LogP contribution >= 0.6 is 0 Å². The summed E-state index contributed by atoms with van der Waals surface area (Å²) >= 11 is 0. The van der Waals surface area contributed by atoms with Crippen LogP contribution in [0.3, 0.4) is 0 Å². The third-order valence-electron chi connectivity index (χ3n) is 38.0. The van der Waals surface area contributed by atoms with Gasteiger partial charge in [-0.15, -0.1) is 0 Å². The summed E-state index contributed by atoms with van der Waals surface area (Å²) < 4.78 is 70.5. The predicted octanol–water partition coefficient (Wildman–Crippen LogP) is 41.8. The fraction of sp³-hybridized carbons (Fsp3) is 0.717. The van der Waals surface area contributed by atoms with Gasteiger partial charge < -0.3 is 9.47 Å². The Hall–Kier alpha value is -5.36. The van der Waals surface area contributed by atoms with Crippen molar-refractivity contribution in [3.05, 3.63) is 173 Å². The van der Waals surface area contributed by atoms with Crippen molar-refractivity contribution in [1.82, 2.24) is 0 Å². The molecule has 133 heavy (non-hydrogen) atoms. The van der Waals surface area contributed by atoms with E-state index in [1.807, 2.05) is 53.7 Å². The Morgan fingerprint density at radius 1 is 0.263 bits per heavy atom. The molecule has 0 aromatic heterocycles. The van der Waals surface area contributed by atoms with Crippen LogP contribution in [0.25, 0.3) is 22.3 Å². The van der Waals surface area contributed by atoms with Crippen LogP contribution in [0.5, 0.6) is 11.5 Å². The third-order valence-corrected chi connectivity index (χ3v) is 38.0. The number of aryl methyl sites for hydroxylation is 12. The van der Waals surface area contributed by atoms with Gasteiger partial charge in [-0.25, -0.2) is 0 Å². The average molecular weight is 1850 g/mol. The molecular weight excluding hydrogens is 1630 g/mol. The van der Waals surface area contributed by atoms with Gasteiger partial charge >= 0.3 is 12.2 Å². The van der Waals surface area contributed by atoms with Crippen LogP contribution in [0.15, 0.2) is 78.9 Å². The summed E-state index contributed by atoms with van der Waals surface area (Å²) in [5.41, 5.74) is 22.7. The minimum Gasteiger partial charge on any atom is -0.432 e. The van der Waals surface area contributed by atoms with E-state index in [4.69, 9.17) is 9.47 Å². The van der Waals surface area contributed by atoms with Gasteiger partial charge in [-0.05, 0) is 506 Å². The first-order valence-electron chi connectivity index (χ1n) is 56.0. The Kier molecular flexibility index (Phi) is 39.8. The maximum atomic E-state index is 15.3. The topological polar surface area (TPSA) is 18.5 Å². The molecule has 17 rings (SSSR count). The second-order valence-corrected chi connectivity index (χ2v) is 49.0. The maximum absolute atomic E-state index is 15.3. The number of benzene rings is 6. The van der Waals surface area contributed by atoms with E-state index < -0.39 is 18.1 Å². The first kappa shape index (κ1) is 107. The molecule has 11 aliphatic rings. The van der Waals surface area contributed by atoms with Gasteiger partial charge in [0.2, 0.25) is 0 Å². The second kappa shape index (κ2) is 49.7. The number of alkyl halides is 4. The van der Waals surface area contributed by atoms with E-state index in [1.165, 1.54) is 219 Å². The van der Waals surface area contributed by atoms with E-state index in [-0.39, 0.29) is 24.2 Å². The molecule has 0 spiro atoms. The number of rotatable bonds is 16. The van der Waals surface area contributed by atoms with Crippen LogP contribution in [-0.4, -0.2) is 6.11 Å². The highest BCUT2D eigenvalue weighted by Crippen LogP contribution is 2.52. The molecule has 758 valence electrons. The van der Waals surface area contributed by atoms with Crippen LogP contribution in [0.2, 0.25) is 0 Å². The van der Waals surface area contributed by atoms with Crippen molar-refractivity contribution < 1.29 is 39.9 Å². The zero-order valence-electron chi connectivity index (χ0n) is 89.1. The fourth-order valence-corrected chi connectivity index (χ4v) is 28.1. The molecule has 0 N–H and O–H groups in total. The molecule has 0 saturated heterocycles. The summed E-state index contributed by atoms with van der Waals surface area (Å²) in [6.07, 6.45) is 56.3.